The molecule has 0 radical (unpaired) electrons. The Labute approximate surface area is 209 Å². The Morgan fingerprint density at radius 1 is 0.947 bits per heavy atom. The van der Waals surface area contributed by atoms with Crippen molar-refractivity contribution in [1.82, 2.24) is 25.7 Å². The summed E-state index contributed by atoms with van der Waals surface area (Å²) in [6.45, 7) is 0. The Balaban J connectivity index is 1.32. The fourth-order valence-corrected chi connectivity index (χ4v) is 4.17. The van der Waals surface area contributed by atoms with Crippen LogP contribution >= 0.6 is 0 Å². The van der Waals surface area contributed by atoms with E-state index in [2.05, 4.69) is 25.7 Å². The minimum atomic E-state index is -5.10. The Morgan fingerprint density at radius 2 is 1.68 bits per heavy atom. The Morgan fingerprint density at radius 3 is 2.37 bits per heavy atom. The number of benzene rings is 2. The van der Waals surface area contributed by atoms with E-state index in [1.807, 2.05) is 0 Å². The molecule has 7 nitrogen and oxygen atoms in total. The molecule has 14 heteroatoms. The summed E-state index contributed by atoms with van der Waals surface area (Å²) < 4.78 is 99.0. The lowest BCUT2D eigenvalue weighted by molar-refractivity contribution is -0.143. The maximum atomic E-state index is 13.6. The van der Waals surface area contributed by atoms with Crippen molar-refractivity contribution in [2.75, 3.05) is 0 Å². The first-order valence-corrected chi connectivity index (χ1v) is 11.1. The highest BCUT2D eigenvalue weighted by atomic mass is 19.4. The van der Waals surface area contributed by atoms with Gasteiger partial charge in [-0.15, -0.1) is 10.2 Å². The van der Waals surface area contributed by atoms with Gasteiger partial charge in [0, 0.05) is 23.2 Å². The fourth-order valence-electron chi connectivity index (χ4n) is 4.17. The van der Waals surface area contributed by atoms with Gasteiger partial charge in [0.25, 0.3) is 5.91 Å². The van der Waals surface area contributed by atoms with Crippen molar-refractivity contribution in [1.29, 1.82) is 0 Å². The van der Waals surface area contributed by atoms with Crippen LogP contribution in [-0.2, 0) is 31.6 Å². The van der Waals surface area contributed by atoms with Crippen molar-refractivity contribution in [3.8, 4) is 11.5 Å². The van der Waals surface area contributed by atoms with E-state index in [4.69, 9.17) is 4.42 Å². The van der Waals surface area contributed by atoms with Gasteiger partial charge in [0.1, 0.15) is 5.82 Å². The van der Waals surface area contributed by atoms with E-state index in [-0.39, 0.29) is 30.0 Å². The molecule has 1 amide bonds. The lowest BCUT2D eigenvalue weighted by Crippen LogP contribution is -2.37. The highest BCUT2D eigenvalue weighted by Crippen LogP contribution is 2.41. The number of fused-ring (bicyclic) bond motifs is 1. The van der Waals surface area contributed by atoms with Gasteiger partial charge in [-0.25, -0.2) is 4.39 Å². The second-order valence-corrected chi connectivity index (χ2v) is 8.60. The number of rotatable bonds is 5. The van der Waals surface area contributed by atoms with Crippen LogP contribution in [0.3, 0.4) is 0 Å². The average Bonchev–Trinajstić information content (AvgIpc) is 3.51. The summed E-state index contributed by atoms with van der Waals surface area (Å²) in [6, 6.07) is 6.46. The minimum absolute atomic E-state index is 0.0229. The number of aromatic nitrogens is 4. The van der Waals surface area contributed by atoms with E-state index in [0.717, 1.165) is 0 Å². The van der Waals surface area contributed by atoms with Crippen molar-refractivity contribution < 1.29 is 39.9 Å². The molecule has 2 aromatic carbocycles. The van der Waals surface area contributed by atoms with Gasteiger partial charge in [0.05, 0.1) is 22.9 Å². The van der Waals surface area contributed by atoms with Crippen LogP contribution in [0.5, 0.6) is 0 Å². The fraction of sp³-hybridized carbons (Fsp3) is 0.250. The summed E-state index contributed by atoms with van der Waals surface area (Å²) in [6.07, 6.45) is -9.96. The third kappa shape index (κ3) is 5.10. The zero-order valence-corrected chi connectivity index (χ0v) is 19.0. The van der Waals surface area contributed by atoms with Crippen LogP contribution in [0.2, 0.25) is 0 Å². The van der Waals surface area contributed by atoms with Crippen molar-refractivity contribution >= 4 is 5.91 Å². The predicted molar refractivity (Wildman–Crippen MR) is 116 cm³/mol. The SMILES string of the molecule is O=C1NC(c2cc(CCc3nnc(-c4ccc(F)cc4)o3)[nH]n2)Cc2c1cc(C(F)(F)F)cc2C(F)(F)F. The van der Waals surface area contributed by atoms with Crippen molar-refractivity contribution in [3.63, 3.8) is 0 Å². The summed E-state index contributed by atoms with van der Waals surface area (Å²) in [4.78, 5) is 12.6. The van der Waals surface area contributed by atoms with Gasteiger partial charge >= 0.3 is 12.4 Å². The quantitative estimate of drug-likeness (QED) is 0.329. The number of nitrogens with one attached hydrogen (secondary N) is 2. The molecule has 0 saturated heterocycles. The Bertz CT molecular complexity index is 1490. The van der Waals surface area contributed by atoms with Crippen molar-refractivity contribution in [2.45, 2.75) is 37.7 Å². The predicted octanol–water partition coefficient (Wildman–Crippen LogP) is 5.45. The van der Waals surface area contributed by atoms with Crippen LogP contribution in [0.25, 0.3) is 11.5 Å². The molecule has 38 heavy (non-hydrogen) atoms. The Hall–Kier alpha value is -4.23. The summed E-state index contributed by atoms with van der Waals surface area (Å²) in [5, 5.41) is 17.1. The average molecular weight is 539 g/mol. The number of nitrogens with zero attached hydrogens (tertiary/aromatic N) is 3. The number of carbonyl (C=O) groups excluding carboxylic acids is 1. The molecular weight excluding hydrogens is 523 g/mol. The molecule has 0 aliphatic carbocycles. The van der Waals surface area contributed by atoms with E-state index in [1.165, 1.54) is 30.3 Å². The number of carbonyl (C=O) groups is 1. The monoisotopic (exact) mass is 539 g/mol. The third-order valence-corrected chi connectivity index (χ3v) is 6.01. The van der Waals surface area contributed by atoms with E-state index in [1.54, 1.807) is 0 Å². The molecule has 0 fully saturated rings. The molecule has 1 atom stereocenters. The number of hydrogen-bond donors (Lipinski definition) is 2. The molecule has 0 spiro atoms. The van der Waals surface area contributed by atoms with Gasteiger partial charge in [-0.2, -0.15) is 31.4 Å². The summed E-state index contributed by atoms with van der Waals surface area (Å²) in [7, 11) is 0. The van der Waals surface area contributed by atoms with Gasteiger partial charge in [-0.1, -0.05) is 0 Å². The molecule has 0 bridgehead atoms. The third-order valence-electron chi connectivity index (χ3n) is 6.01. The summed E-state index contributed by atoms with van der Waals surface area (Å²) in [5.74, 6) is -1.00. The number of H-pyrrole nitrogens is 1. The highest BCUT2D eigenvalue weighted by Gasteiger charge is 2.42. The first kappa shape index (κ1) is 25.4. The first-order chi connectivity index (χ1) is 17.9. The van der Waals surface area contributed by atoms with E-state index in [0.29, 0.717) is 23.7 Å². The molecule has 5 rings (SSSR count). The number of alkyl halides is 6. The smallest absolute Gasteiger partial charge is 0.416 e. The van der Waals surface area contributed by atoms with Gasteiger partial charge in [-0.05, 0) is 60.9 Å². The first-order valence-electron chi connectivity index (χ1n) is 11.1. The molecule has 1 aliphatic heterocycles. The van der Waals surface area contributed by atoms with Gasteiger partial charge < -0.3 is 9.73 Å². The van der Waals surface area contributed by atoms with Crippen LogP contribution in [0.1, 0.15) is 50.4 Å². The van der Waals surface area contributed by atoms with Crippen LogP contribution < -0.4 is 5.32 Å². The number of aromatic amines is 1. The van der Waals surface area contributed by atoms with Gasteiger partial charge in [0.15, 0.2) is 0 Å². The molecule has 1 aliphatic rings. The lowest BCUT2D eigenvalue weighted by atomic mass is 9.87. The van der Waals surface area contributed by atoms with E-state index >= 15 is 0 Å². The highest BCUT2D eigenvalue weighted by molar-refractivity contribution is 5.97. The van der Waals surface area contributed by atoms with Gasteiger partial charge in [0.2, 0.25) is 11.8 Å². The Kier molecular flexibility index (Phi) is 6.19. The minimum Gasteiger partial charge on any atom is -0.421 e. The maximum absolute atomic E-state index is 13.6. The number of halogens is 7. The van der Waals surface area contributed by atoms with Crippen LogP contribution in [-0.4, -0.2) is 26.3 Å². The largest absolute Gasteiger partial charge is 0.421 e. The van der Waals surface area contributed by atoms with E-state index < -0.39 is 58.8 Å². The molecule has 4 aromatic rings. The van der Waals surface area contributed by atoms with Crippen LogP contribution in [0.4, 0.5) is 30.7 Å². The standard InChI is InChI=1S/C24H16F7N5O2/c25-13-3-1-11(2-4-13)22-36-35-20(38-22)6-5-14-9-19(34-33-14)18-10-15-16(21(37)32-18)7-12(23(26,27)28)8-17(15)24(29,30)31/h1-4,7-9,18H,5-6,10H2,(H,32,37)(H,33,34). The molecule has 2 N–H and O–H groups in total. The molecule has 0 saturated carbocycles. The van der Waals surface area contributed by atoms with Crippen LogP contribution in [0, 0.1) is 5.82 Å². The van der Waals surface area contributed by atoms with E-state index in [9.17, 15) is 35.5 Å². The van der Waals surface area contributed by atoms with Gasteiger partial charge in [-0.3, -0.25) is 9.89 Å². The second kappa shape index (κ2) is 9.26. The molecule has 198 valence electrons. The zero-order chi connectivity index (χ0) is 27.2. The maximum Gasteiger partial charge on any atom is 0.416 e. The van der Waals surface area contributed by atoms with Crippen molar-refractivity contribution in [3.05, 3.63) is 87.8 Å². The number of hydrogen-bond acceptors (Lipinski definition) is 5. The normalized spacial score (nSPS) is 15.9. The summed E-state index contributed by atoms with van der Waals surface area (Å²) >= 11 is 0. The van der Waals surface area contributed by atoms with Crippen LogP contribution in [0.15, 0.2) is 46.9 Å². The molecular formula is C24H16F7N5O2. The molecule has 2 aromatic heterocycles. The number of amides is 1. The number of aryl methyl sites for hydroxylation is 2. The zero-order valence-electron chi connectivity index (χ0n) is 19.0. The topological polar surface area (TPSA) is 96.7 Å². The summed E-state index contributed by atoms with van der Waals surface area (Å²) in [5.41, 5.74) is -2.97. The van der Waals surface area contributed by atoms with Crippen molar-refractivity contribution in [2.24, 2.45) is 0 Å². The molecule has 3 heterocycles. The lowest BCUT2D eigenvalue weighted by Gasteiger charge is -2.28. The molecule has 1 unspecified atom stereocenters. The second-order valence-electron chi connectivity index (χ2n) is 8.60.